The van der Waals surface area contributed by atoms with Crippen molar-refractivity contribution in [2.75, 3.05) is 14.1 Å². The van der Waals surface area contributed by atoms with E-state index in [4.69, 9.17) is 0 Å². The molecule has 0 aliphatic heterocycles. The summed E-state index contributed by atoms with van der Waals surface area (Å²) in [7, 11) is 4.07. The molecule has 0 rings (SSSR count). The first-order chi connectivity index (χ1) is 7.69. The van der Waals surface area contributed by atoms with Crippen LogP contribution in [0.2, 0.25) is 0 Å². The second-order valence-electron chi connectivity index (χ2n) is 5.98. The normalized spacial score (nSPS) is 14.4. The third kappa shape index (κ3) is 4.69. The van der Waals surface area contributed by atoms with Crippen molar-refractivity contribution in [3.05, 3.63) is 0 Å². The Morgan fingerprint density at radius 1 is 1.12 bits per heavy atom. The second-order valence-corrected chi connectivity index (χ2v) is 5.98. The van der Waals surface area contributed by atoms with E-state index < -0.39 is 0 Å². The van der Waals surface area contributed by atoms with Gasteiger partial charge in [0.1, 0.15) is 0 Å². The van der Waals surface area contributed by atoms with Gasteiger partial charge < -0.3 is 10.0 Å². The van der Waals surface area contributed by atoms with Crippen molar-refractivity contribution in [3.8, 4) is 11.8 Å². The van der Waals surface area contributed by atoms with Crippen molar-refractivity contribution in [2.45, 2.75) is 65.5 Å². The van der Waals surface area contributed by atoms with Gasteiger partial charge >= 0.3 is 0 Å². The number of likely N-dealkylation sites (N-methyl/N-ethyl adjacent to an activating group) is 1. The van der Waals surface area contributed by atoms with Gasteiger partial charge in [0, 0.05) is 17.4 Å². The molecule has 17 heavy (non-hydrogen) atoms. The summed E-state index contributed by atoms with van der Waals surface area (Å²) in [5, 5.41) is 10.4. The van der Waals surface area contributed by atoms with Crippen LogP contribution in [0.25, 0.3) is 0 Å². The number of aliphatic hydroxyl groups excluding tert-OH is 1. The average Bonchev–Trinajstić information content (AvgIpc) is 2.17. The molecule has 0 heterocycles. The largest absolute Gasteiger partial charge is 0.390 e. The van der Waals surface area contributed by atoms with Crippen LogP contribution in [0.1, 0.15) is 53.9 Å². The molecule has 0 aliphatic rings. The maximum absolute atomic E-state index is 10.4. The van der Waals surface area contributed by atoms with E-state index in [0.717, 1.165) is 12.8 Å². The summed E-state index contributed by atoms with van der Waals surface area (Å²) in [4.78, 5) is 2.14. The molecular weight excluding hydrogens is 210 g/mol. The lowest BCUT2D eigenvalue weighted by Crippen LogP contribution is -2.52. The van der Waals surface area contributed by atoms with Gasteiger partial charge in [0.2, 0.25) is 0 Å². The molecule has 2 heteroatoms. The molecule has 0 spiro atoms. The Kier molecular flexibility index (Phi) is 6.23. The van der Waals surface area contributed by atoms with Gasteiger partial charge in [-0.2, -0.15) is 0 Å². The fourth-order valence-corrected chi connectivity index (χ4v) is 2.25. The van der Waals surface area contributed by atoms with Crippen LogP contribution < -0.4 is 0 Å². The molecule has 0 aliphatic carbocycles. The van der Waals surface area contributed by atoms with Crippen LogP contribution in [0.5, 0.6) is 0 Å². The Bertz CT molecular complexity index is 274. The summed E-state index contributed by atoms with van der Waals surface area (Å²) in [6.45, 7) is 10.5. The molecule has 0 saturated heterocycles. The molecule has 0 fully saturated rings. The Morgan fingerprint density at radius 2 is 1.59 bits per heavy atom. The van der Waals surface area contributed by atoms with Gasteiger partial charge in [-0.3, -0.25) is 0 Å². The van der Waals surface area contributed by atoms with Gasteiger partial charge in [0.15, 0.2) is 0 Å². The maximum atomic E-state index is 10.4. The van der Waals surface area contributed by atoms with Gasteiger partial charge in [-0.25, -0.2) is 0 Å². The van der Waals surface area contributed by atoms with Gasteiger partial charge in [-0.1, -0.05) is 25.7 Å². The molecule has 0 aromatic carbocycles. The Morgan fingerprint density at radius 3 is 1.88 bits per heavy atom. The van der Waals surface area contributed by atoms with Crippen LogP contribution in [-0.4, -0.2) is 35.7 Å². The van der Waals surface area contributed by atoms with Crippen LogP contribution in [0, 0.1) is 17.3 Å². The summed E-state index contributed by atoms with van der Waals surface area (Å²) >= 11 is 0. The van der Waals surface area contributed by atoms with Crippen LogP contribution in [0.15, 0.2) is 0 Å². The van der Waals surface area contributed by atoms with E-state index in [1.54, 1.807) is 0 Å². The van der Waals surface area contributed by atoms with Gasteiger partial charge in [-0.15, -0.1) is 0 Å². The molecule has 0 amide bonds. The first-order valence-corrected chi connectivity index (χ1v) is 6.55. The molecule has 0 aromatic heterocycles. The molecule has 1 N–H and O–H groups in total. The van der Waals surface area contributed by atoms with E-state index in [2.05, 4.69) is 51.4 Å². The standard InChI is InChI=1S/C15H29NO/c1-8-15(9-2,16(6)7)13(17)11-10-12-14(3,4)5/h13,17H,8-9,11H2,1-7H3. The number of nitrogens with zero attached hydrogens (tertiary/aromatic N) is 1. The highest BCUT2D eigenvalue weighted by Crippen LogP contribution is 2.27. The van der Waals surface area contributed by atoms with E-state index in [9.17, 15) is 5.11 Å². The van der Waals surface area contributed by atoms with Crippen molar-refractivity contribution in [1.29, 1.82) is 0 Å². The van der Waals surface area contributed by atoms with Crippen molar-refractivity contribution in [1.82, 2.24) is 4.90 Å². The van der Waals surface area contributed by atoms with Crippen LogP contribution >= 0.6 is 0 Å². The summed E-state index contributed by atoms with van der Waals surface area (Å²) in [6, 6.07) is 0. The summed E-state index contributed by atoms with van der Waals surface area (Å²) in [5.41, 5.74) is -0.133. The molecule has 0 aromatic rings. The van der Waals surface area contributed by atoms with Crippen LogP contribution in [0.4, 0.5) is 0 Å². The zero-order valence-electron chi connectivity index (χ0n) is 12.6. The predicted molar refractivity (Wildman–Crippen MR) is 74.9 cm³/mol. The molecule has 0 bridgehead atoms. The molecule has 1 unspecified atom stereocenters. The Hall–Kier alpha value is -0.520. The molecular formula is C15H29NO. The predicted octanol–water partition coefficient (Wildman–Crippen LogP) is 2.91. The summed E-state index contributed by atoms with van der Waals surface area (Å²) in [6.07, 6.45) is 2.04. The lowest BCUT2D eigenvalue weighted by Gasteiger charge is -2.42. The van der Waals surface area contributed by atoms with E-state index in [0.29, 0.717) is 6.42 Å². The highest BCUT2D eigenvalue weighted by Gasteiger charge is 2.36. The zero-order valence-corrected chi connectivity index (χ0v) is 12.6. The van der Waals surface area contributed by atoms with Crippen molar-refractivity contribution in [3.63, 3.8) is 0 Å². The quantitative estimate of drug-likeness (QED) is 0.746. The van der Waals surface area contributed by atoms with Crippen molar-refractivity contribution >= 4 is 0 Å². The monoisotopic (exact) mass is 239 g/mol. The van der Waals surface area contributed by atoms with Gasteiger partial charge in [-0.05, 0) is 47.7 Å². The van der Waals surface area contributed by atoms with Crippen LogP contribution in [-0.2, 0) is 0 Å². The number of hydrogen-bond donors (Lipinski definition) is 1. The van der Waals surface area contributed by atoms with Gasteiger partial charge in [0.25, 0.3) is 0 Å². The molecule has 0 saturated carbocycles. The number of rotatable bonds is 5. The minimum Gasteiger partial charge on any atom is -0.390 e. The number of aliphatic hydroxyl groups is 1. The van der Waals surface area contributed by atoms with Crippen molar-refractivity contribution in [2.24, 2.45) is 5.41 Å². The fourth-order valence-electron chi connectivity index (χ4n) is 2.25. The highest BCUT2D eigenvalue weighted by atomic mass is 16.3. The van der Waals surface area contributed by atoms with Gasteiger partial charge in [0.05, 0.1) is 6.10 Å². The summed E-state index contributed by atoms with van der Waals surface area (Å²) < 4.78 is 0. The number of hydrogen-bond acceptors (Lipinski definition) is 2. The highest BCUT2D eigenvalue weighted by molar-refractivity contribution is 5.10. The average molecular weight is 239 g/mol. The zero-order chi connectivity index (χ0) is 13.7. The summed E-state index contributed by atoms with van der Waals surface area (Å²) in [5.74, 6) is 6.31. The fraction of sp³-hybridized carbons (Fsp3) is 0.867. The third-order valence-corrected chi connectivity index (χ3v) is 3.49. The smallest absolute Gasteiger partial charge is 0.0832 e. The molecule has 0 radical (unpaired) electrons. The third-order valence-electron chi connectivity index (χ3n) is 3.49. The Balaban J connectivity index is 4.75. The topological polar surface area (TPSA) is 23.5 Å². The van der Waals surface area contributed by atoms with Crippen LogP contribution in [0.3, 0.4) is 0 Å². The SMILES string of the molecule is CCC(CC)(C(O)CC#CC(C)(C)C)N(C)C. The lowest BCUT2D eigenvalue weighted by atomic mass is 9.83. The second kappa shape index (κ2) is 6.42. The van der Waals surface area contributed by atoms with E-state index >= 15 is 0 Å². The molecule has 100 valence electrons. The first kappa shape index (κ1) is 16.5. The first-order valence-electron chi connectivity index (χ1n) is 6.55. The minimum absolute atomic E-state index is 0.0128. The van der Waals surface area contributed by atoms with Crippen molar-refractivity contribution < 1.29 is 5.11 Å². The molecule has 2 nitrogen and oxygen atoms in total. The van der Waals surface area contributed by atoms with E-state index in [1.165, 1.54) is 0 Å². The van der Waals surface area contributed by atoms with E-state index in [1.807, 2.05) is 14.1 Å². The lowest BCUT2D eigenvalue weighted by molar-refractivity contribution is -0.00986. The molecule has 1 atom stereocenters. The Labute approximate surface area is 107 Å². The maximum Gasteiger partial charge on any atom is 0.0832 e. The minimum atomic E-state index is -0.387. The van der Waals surface area contributed by atoms with E-state index in [-0.39, 0.29) is 17.1 Å².